The highest BCUT2D eigenvalue weighted by Crippen LogP contribution is 2.24. The van der Waals surface area contributed by atoms with Gasteiger partial charge in [-0.05, 0) is 40.3 Å². The van der Waals surface area contributed by atoms with Crippen molar-refractivity contribution in [1.29, 1.82) is 0 Å². The molecule has 0 aliphatic heterocycles. The monoisotopic (exact) mass is 238 g/mol. The van der Waals surface area contributed by atoms with Gasteiger partial charge in [0.25, 0.3) is 0 Å². The van der Waals surface area contributed by atoms with Gasteiger partial charge in [-0.3, -0.25) is 0 Å². The Labute approximate surface area is 103 Å². The van der Waals surface area contributed by atoms with Crippen molar-refractivity contribution in [1.82, 2.24) is 15.4 Å². The first-order valence-electron chi connectivity index (χ1n) is 5.45. The van der Waals surface area contributed by atoms with Gasteiger partial charge in [0.1, 0.15) is 5.75 Å². The number of nitrogens with zero attached hydrogens (tertiary/aromatic N) is 3. The van der Waals surface area contributed by atoms with Crippen molar-refractivity contribution in [2.45, 2.75) is 0 Å². The molecule has 0 saturated carbocycles. The maximum absolute atomic E-state index is 9.46. The van der Waals surface area contributed by atoms with Crippen LogP contribution in [0.1, 0.15) is 0 Å². The van der Waals surface area contributed by atoms with Gasteiger partial charge < -0.3 is 10.4 Å². The van der Waals surface area contributed by atoms with E-state index in [9.17, 15) is 5.11 Å². The van der Waals surface area contributed by atoms with Crippen LogP contribution in [0.5, 0.6) is 5.75 Å². The van der Waals surface area contributed by atoms with Crippen molar-refractivity contribution < 1.29 is 5.11 Å². The fraction of sp³-hybridized carbons (Fsp3) is 0. The van der Waals surface area contributed by atoms with Crippen molar-refractivity contribution in [3.63, 3.8) is 0 Å². The Morgan fingerprint density at radius 1 is 0.944 bits per heavy atom. The van der Waals surface area contributed by atoms with Gasteiger partial charge in [-0.25, -0.2) is 0 Å². The molecule has 5 nitrogen and oxygen atoms in total. The predicted molar refractivity (Wildman–Crippen MR) is 68.7 cm³/mol. The smallest absolute Gasteiger partial charge is 0.156 e. The molecule has 0 amide bonds. The molecule has 3 aromatic rings. The average molecular weight is 238 g/mol. The maximum Gasteiger partial charge on any atom is 0.156 e. The number of benzene rings is 2. The number of rotatable bonds is 2. The van der Waals surface area contributed by atoms with Crippen LogP contribution < -0.4 is 5.32 Å². The summed E-state index contributed by atoms with van der Waals surface area (Å²) in [6.07, 6.45) is 1.57. The van der Waals surface area contributed by atoms with Crippen LogP contribution in [0, 0.1) is 0 Å². The highest BCUT2D eigenvalue weighted by Gasteiger charge is 1.99. The first-order chi connectivity index (χ1) is 8.81. The van der Waals surface area contributed by atoms with E-state index < -0.39 is 0 Å². The topological polar surface area (TPSA) is 70.9 Å². The number of phenols is 1. The Balaban J connectivity index is 1.98. The molecule has 0 saturated heterocycles. The molecular weight excluding hydrogens is 228 g/mol. The van der Waals surface area contributed by atoms with Gasteiger partial charge >= 0.3 is 0 Å². The molecule has 0 fully saturated rings. The van der Waals surface area contributed by atoms with E-state index in [2.05, 4.69) is 20.7 Å². The molecule has 0 unspecified atom stereocenters. The largest absolute Gasteiger partial charge is 0.508 e. The number of hydrogen-bond donors (Lipinski definition) is 2. The molecule has 5 heteroatoms. The van der Waals surface area contributed by atoms with Crippen molar-refractivity contribution in [3.05, 3.63) is 48.7 Å². The molecule has 18 heavy (non-hydrogen) atoms. The van der Waals surface area contributed by atoms with E-state index >= 15 is 0 Å². The van der Waals surface area contributed by atoms with Crippen molar-refractivity contribution in [2.24, 2.45) is 0 Å². The van der Waals surface area contributed by atoms with Crippen LogP contribution >= 0.6 is 0 Å². The lowest BCUT2D eigenvalue weighted by atomic mass is 10.1. The Hall–Kier alpha value is -2.69. The fourth-order valence-electron chi connectivity index (χ4n) is 1.77. The second-order valence-corrected chi connectivity index (χ2v) is 3.88. The highest BCUT2D eigenvalue weighted by molar-refractivity contribution is 5.87. The maximum atomic E-state index is 9.46. The van der Waals surface area contributed by atoms with Gasteiger partial charge in [0.2, 0.25) is 0 Å². The predicted octanol–water partition coefficient (Wildman–Crippen LogP) is 2.47. The Bertz CT molecular complexity index is 685. The molecule has 3 rings (SSSR count). The van der Waals surface area contributed by atoms with Crippen LogP contribution in [0.25, 0.3) is 10.8 Å². The lowest BCUT2D eigenvalue weighted by molar-refractivity contribution is 0.476. The third-order valence-electron chi connectivity index (χ3n) is 2.60. The second kappa shape index (κ2) is 4.29. The third kappa shape index (κ3) is 2.06. The minimum atomic E-state index is 0.253. The van der Waals surface area contributed by atoms with Gasteiger partial charge in [-0.15, -0.1) is 10.2 Å². The Kier molecular flexibility index (Phi) is 2.49. The summed E-state index contributed by atoms with van der Waals surface area (Å²) in [6.45, 7) is 0. The fourth-order valence-corrected chi connectivity index (χ4v) is 1.77. The number of aromatic nitrogens is 3. The Morgan fingerprint density at radius 3 is 2.67 bits per heavy atom. The van der Waals surface area contributed by atoms with E-state index in [1.54, 1.807) is 24.4 Å². The molecule has 88 valence electrons. The lowest BCUT2D eigenvalue weighted by Gasteiger charge is -2.06. The minimum Gasteiger partial charge on any atom is -0.508 e. The van der Waals surface area contributed by atoms with Gasteiger partial charge in [-0.1, -0.05) is 12.1 Å². The molecule has 2 N–H and O–H groups in total. The highest BCUT2D eigenvalue weighted by atomic mass is 16.3. The summed E-state index contributed by atoms with van der Waals surface area (Å²) in [5, 5.41) is 25.6. The van der Waals surface area contributed by atoms with Crippen LogP contribution in [-0.2, 0) is 0 Å². The van der Waals surface area contributed by atoms with Crippen molar-refractivity contribution in [2.75, 3.05) is 5.32 Å². The molecular formula is C13H10N4O. The number of nitrogens with one attached hydrogen (secondary N) is 1. The van der Waals surface area contributed by atoms with Crippen LogP contribution in [0.2, 0.25) is 0 Å². The van der Waals surface area contributed by atoms with E-state index in [-0.39, 0.29) is 5.75 Å². The summed E-state index contributed by atoms with van der Waals surface area (Å²) in [5.74, 6) is 0.882. The van der Waals surface area contributed by atoms with E-state index in [4.69, 9.17) is 0 Å². The molecule has 2 aromatic carbocycles. The van der Waals surface area contributed by atoms with E-state index in [1.165, 1.54) is 0 Å². The SMILES string of the molecule is Oc1ccc2ccc(Nc3ccnnn3)cc2c1. The van der Waals surface area contributed by atoms with Crippen LogP contribution in [0.4, 0.5) is 11.5 Å². The zero-order valence-electron chi connectivity index (χ0n) is 9.41. The minimum absolute atomic E-state index is 0.253. The standard InChI is InChI=1S/C13H10N4O/c18-12-4-2-9-1-3-11(7-10(9)8-12)15-13-5-6-14-17-16-13/h1-8,18H,(H,14,15,16). The number of aromatic hydroxyl groups is 1. The number of fused-ring (bicyclic) bond motifs is 1. The van der Waals surface area contributed by atoms with Gasteiger partial charge in [0.15, 0.2) is 5.82 Å². The second-order valence-electron chi connectivity index (χ2n) is 3.88. The normalized spacial score (nSPS) is 10.4. The number of hydrogen-bond acceptors (Lipinski definition) is 5. The van der Waals surface area contributed by atoms with Crippen LogP contribution in [0.3, 0.4) is 0 Å². The summed E-state index contributed by atoms with van der Waals surface area (Å²) in [7, 11) is 0. The number of phenolic OH excluding ortho intramolecular Hbond substituents is 1. The summed E-state index contributed by atoms with van der Waals surface area (Å²) < 4.78 is 0. The summed E-state index contributed by atoms with van der Waals surface area (Å²) in [5.41, 5.74) is 0.883. The first-order valence-corrected chi connectivity index (χ1v) is 5.45. The number of anilines is 2. The first kappa shape index (κ1) is 10.5. The average Bonchev–Trinajstić information content (AvgIpc) is 2.39. The van der Waals surface area contributed by atoms with Gasteiger partial charge in [0, 0.05) is 11.8 Å². The lowest BCUT2D eigenvalue weighted by Crippen LogP contribution is -1.95. The molecule has 0 aliphatic rings. The quantitative estimate of drug-likeness (QED) is 0.717. The molecule has 0 atom stereocenters. The van der Waals surface area contributed by atoms with E-state index in [0.717, 1.165) is 16.5 Å². The third-order valence-corrected chi connectivity index (χ3v) is 2.60. The van der Waals surface area contributed by atoms with E-state index in [1.807, 2.05) is 24.3 Å². The van der Waals surface area contributed by atoms with Gasteiger partial charge in [-0.2, -0.15) is 0 Å². The van der Waals surface area contributed by atoms with Crippen LogP contribution in [-0.4, -0.2) is 20.5 Å². The Morgan fingerprint density at radius 2 is 1.83 bits per heavy atom. The molecule has 1 aromatic heterocycles. The van der Waals surface area contributed by atoms with Crippen molar-refractivity contribution >= 4 is 22.3 Å². The molecule has 0 bridgehead atoms. The van der Waals surface area contributed by atoms with Gasteiger partial charge in [0.05, 0.1) is 6.20 Å². The van der Waals surface area contributed by atoms with E-state index in [0.29, 0.717) is 5.82 Å². The van der Waals surface area contributed by atoms with Crippen molar-refractivity contribution in [3.8, 4) is 5.75 Å². The molecule has 0 aliphatic carbocycles. The summed E-state index contributed by atoms with van der Waals surface area (Å²) in [4.78, 5) is 0. The summed E-state index contributed by atoms with van der Waals surface area (Å²) in [6, 6.07) is 12.9. The summed E-state index contributed by atoms with van der Waals surface area (Å²) >= 11 is 0. The zero-order valence-corrected chi connectivity index (χ0v) is 9.41. The molecule has 0 spiro atoms. The zero-order chi connectivity index (χ0) is 12.4. The van der Waals surface area contributed by atoms with Crippen LogP contribution in [0.15, 0.2) is 48.7 Å². The molecule has 1 heterocycles. The molecule has 0 radical (unpaired) electrons.